The molecule has 1 amide bonds. The summed E-state index contributed by atoms with van der Waals surface area (Å²) in [7, 11) is 0. The molecule has 6 nitrogen and oxygen atoms in total. The van der Waals surface area contributed by atoms with Crippen LogP contribution in [0.15, 0.2) is 53.1 Å². The molecule has 2 heterocycles. The highest BCUT2D eigenvalue weighted by Gasteiger charge is 2.21. The molecule has 32 heavy (non-hydrogen) atoms. The lowest BCUT2D eigenvalue weighted by Crippen LogP contribution is -2.44. The zero-order chi connectivity index (χ0) is 22.3. The minimum Gasteiger partial charge on any atom is -0.353 e. The van der Waals surface area contributed by atoms with E-state index in [1.54, 1.807) is 12.1 Å². The Balaban J connectivity index is 1.15. The van der Waals surface area contributed by atoms with Crippen LogP contribution in [0.3, 0.4) is 0 Å². The Morgan fingerprint density at radius 3 is 2.66 bits per heavy atom. The molecule has 0 spiro atoms. The first-order chi connectivity index (χ1) is 15.6. The standard InChI is InChI=1S/C25H29ClN4O2/c1-18-5-2-3-6-20(18)17-30-15-13-22(14-16-30)27-23(31)7-4-8-24-28-25(29-32-24)19-9-11-21(26)12-10-19/h2-3,5-6,9-12,22H,4,7-8,13-17H2,1H3,(H,27,31). The van der Waals surface area contributed by atoms with Crippen molar-refractivity contribution in [1.82, 2.24) is 20.4 Å². The van der Waals surface area contributed by atoms with E-state index in [1.807, 2.05) is 12.1 Å². The summed E-state index contributed by atoms with van der Waals surface area (Å²) >= 11 is 5.91. The van der Waals surface area contributed by atoms with Gasteiger partial charge >= 0.3 is 0 Å². The highest BCUT2D eigenvalue weighted by Crippen LogP contribution is 2.19. The molecule has 0 unspecified atom stereocenters. The Morgan fingerprint density at radius 1 is 1.16 bits per heavy atom. The molecule has 1 aliphatic heterocycles. The van der Waals surface area contributed by atoms with Crippen molar-refractivity contribution < 1.29 is 9.32 Å². The molecule has 168 valence electrons. The second-order valence-corrected chi connectivity index (χ2v) is 8.85. The molecule has 1 fully saturated rings. The van der Waals surface area contributed by atoms with Crippen molar-refractivity contribution in [3.05, 3.63) is 70.6 Å². The lowest BCUT2D eigenvalue weighted by atomic mass is 10.0. The number of halogens is 1. The van der Waals surface area contributed by atoms with E-state index in [0.717, 1.165) is 38.0 Å². The van der Waals surface area contributed by atoms with Crippen LogP contribution in [-0.4, -0.2) is 40.1 Å². The van der Waals surface area contributed by atoms with Crippen molar-refractivity contribution in [2.75, 3.05) is 13.1 Å². The summed E-state index contributed by atoms with van der Waals surface area (Å²) in [5.74, 6) is 1.19. The molecular formula is C25H29ClN4O2. The van der Waals surface area contributed by atoms with E-state index >= 15 is 0 Å². The Labute approximate surface area is 194 Å². The number of aryl methyl sites for hydroxylation is 2. The molecule has 3 aromatic rings. The van der Waals surface area contributed by atoms with Crippen LogP contribution in [0.25, 0.3) is 11.4 Å². The number of hydrogen-bond donors (Lipinski definition) is 1. The second-order valence-electron chi connectivity index (χ2n) is 8.42. The lowest BCUT2D eigenvalue weighted by molar-refractivity contribution is -0.122. The van der Waals surface area contributed by atoms with Gasteiger partial charge in [-0.3, -0.25) is 9.69 Å². The van der Waals surface area contributed by atoms with Gasteiger partial charge in [0.1, 0.15) is 0 Å². The summed E-state index contributed by atoms with van der Waals surface area (Å²) in [5, 5.41) is 7.88. The molecule has 7 heteroatoms. The maximum Gasteiger partial charge on any atom is 0.226 e. The first-order valence-corrected chi connectivity index (χ1v) is 11.6. The average molecular weight is 453 g/mol. The quantitative estimate of drug-likeness (QED) is 0.531. The van der Waals surface area contributed by atoms with E-state index in [2.05, 4.69) is 51.5 Å². The fourth-order valence-corrected chi connectivity index (χ4v) is 4.16. The fraction of sp³-hybridized carbons (Fsp3) is 0.400. The largest absolute Gasteiger partial charge is 0.353 e. The predicted octanol–water partition coefficient (Wildman–Crippen LogP) is 4.80. The summed E-state index contributed by atoms with van der Waals surface area (Å²) in [4.78, 5) is 19.3. The van der Waals surface area contributed by atoms with Crippen LogP contribution in [0.4, 0.5) is 0 Å². The van der Waals surface area contributed by atoms with Gasteiger partial charge in [-0.1, -0.05) is 41.0 Å². The zero-order valence-corrected chi connectivity index (χ0v) is 19.1. The van der Waals surface area contributed by atoms with E-state index in [-0.39, 0.29) is 11.9 Å². The van der Waals surface area contributed by atoms with Gasteiger partial charge in [0.2, 0.25) is 17.6 Å². The number of rotatable bonds is 8. The number of nitrogens with one attached hydrogen (secondary N) is 1. The van der Waals surface area contributed by atoms with Crippen molar-refractivity contribution in [3.63, 3.8) is 0 Å². The second kappa shape index (κ2) is 10.7. The topological polar surface area (TPSA) is 71.3 Å². The minimum absolute atomic E-state index is 0.0970. The molecule has 0 bridgehead atoms. The van der Waals surface area contributed by atoms with E-state index < -0.39 is 0 Å². The Hall–Kier alpha value is -2.70. The van der Waals surface area contributed by atoms with E-state index in [0.29, 0.717) is 36.0 Å². The molecule has 0 aliphatic carbocycles. The minimum atomic E-state index is 0.0970. The number of aromatic nitrogens is 2. The molecule has 2 aromatic carbocycles. The van der Waals surface area contributed by atoms with Crippen LogP contribution in [-0.2, 0) is 17.8 Å². The highest BCUT2D eigenvalue weighted by molar-refractivity contribution is 6.30. The highest BCUT2D eigenvalue weighted by atomic mass is 35.5. The lowest BCUT2D eigenvalue weighted by Gasteiger charge is -2.32. The number of likely N-dealkylation sites (tertiary alicyclic amines) is 1. The first kappa shape index (κ1) is 22.5. The SMILES string of the molecule is Cc1ccccc1CN1CCC(NC(=O)CCCc2nc(-c3ccc(Cl)cc3)no2)CC1. The van der Waals surface area contributed by atoms with E-state index in [9.17, 15) is 4.79 Å². The molecule has 0 saturated carbocycles. The molecule has 0 atom stereocenters. The molecule has 1 N–H and O–H groups in total. The van der Waals surface area contributed by atoms with Gasteiger partial charge in [-0.05, 0) is 61.6 Å². The van der Waals surface area contributed by atoms with Crippen molar-refractivity contribution in [2.24, 2.45) is 0 Å². The van der Waals surface area contributed by atoms with Crippen LogP contribution in [0.1, 0.15) is 42.7 Å². The molecule has 1 aliphatic rings. The zero-order valence-electron chi connectivity index (χ0n) is 18.4. The number of amides is 1. The van der Waals surface area contributed by atoms with E-state index in [4.69, 9.17) is 16.1 Å². The fourth-order valence-electron chi connectivity index (χ4n) is 4.04. The van der Waals surface area contributed by atoms with Crippen molar-refractivity contribution in [3.8, 4) is 11.4 Å². The van der Waals surface area contributed by atoms with Crippen molar-refractivity contribution >= 4 is 17.5 Å². The Morgan fingerprint density at radius 2 is 1.91 bits per heavy atom. The van der Waals surface area contributed by atoms with Gasteiger partial charge in [-0.2, -0.15) is 4.98 Å². The summed E-state index contributed by atoms with van der Waals surface area (Å²) in [6.07, 6.45) is 3.71. The number of carbonyl (C=O) groups excluding carboxylic acids is 1. The number of benzene rings is 2. The summed E-state index contributed by atoms with van der Waals surface area (Å²) < 4.78 is 5.32. The molecule has 1 aromatic heterocycles. The maximum atomic E-state index is 12.4. The van der Waals surface area contributed by atoms with Crippen molar-refractivity contribution in [1.29, 1.82) is 0 Å². The monoisotopic (exact) mass is 452 g/mol. The van der Waals surface area contributed by atoms with Crippen molar-refractivity contribution in [2.45, 2.75) is 51.6 Å². The summed E-state index contributed by atoms with van der Waals surface area (Å²) in [5.41, 5.74) is 3.58. The van der Waals surface area contributed by atoms with Gasteiger partial charge in [0, 0.05) is 49.1 Å². The van der Waals surface area contributed by atoms with Crippen LogP contribution in [0.2, 0.25) is 5.02 Å². The molecular weight excluding hydrogens is 424 g/mol. The summed E-state index contributed by atoms with van der Waals surface area (Å²) in [6.45, 7) is 5.16. The number of hydrogen-bond acceptors (Lipinski definition) is 5. The van der Waals surface area contributed by atoms with Gasteiger partial charge in [0.25, 0.3) is 0 Å². The number of piperidine rings is 1. The predicted molar refractivity (Wildman–Crippen MR) is 125 cm³/mol. The smallest absolute Gasteiger partial charge is 0.226 e. The van der Waals surface area contributed by atoms with Gasteiger partial charge in [-0.25, -0.2) is 0 Å². The van der Waals surface area contributed by atoms with Gasteiger partial charge in [-0.15, -0.1) is 0 Å². The van der Waals surface area contributed by atoms with Crippen LogP contribution in [0, 0.1) is 6.92 Å². The number of nitrogens with zero attached hydrogens (tertiary/aromatic N) is 3. The van der Waals surface area contributed by atoms with Crippen LogP contribution >= 0.6 is 11.6 Å². The Kier molecular flexibility index (Phi) is 7.55. The average Bonchev–Trinajstić information content (AvgIpc) is 3.26. The normalized spacial score (nSPS) is 15.1. The third kappa shape index (κ3) is 6.17. The molecule has 0 radical (unpaired) electrons. The van der Waals surface area contributed by atoms with Gasteiger partial charge in [0.05, 0.1) is 0 Å². The van der Waals surface area contributed by atoms with Gasteiger partial charge < -0.3 is 9.84 Å². The van der Waals surface area contributed by atoms with Gasteiger partial charge in [0.15, 0.2) is 0 Å². The molecule has 4 rings (SSSR count). The molecule has 1 saturated heterocycles. The third-order valence-corrected chi connectivity index (χ3v) is 6.22. The third-order valence-electron chi connectivity index (χ3n) is 5.97. The Bertz CT molecular complexity index is 1030. The first-order valence-electron chi connectivity index (χ1n) is 11.2. The number of carbonyl (C=O) groups is 1. The summed E-state index contributed by atoms with van der Waals surface area (Å²) in [6, 6.07) is 16.1. The van der Waals surface area contributed by atoms with E-state index in [1.165, 1.54) is 11.1 Å². The maximum absolute atomic E-state index is 12.4. The van der Waals surface area contributed by atoms with Crippen LogP contribution in [0.5, 0.6) is 0 Å². The van der Waals surface area contributed by atoms with Crippen LogP contribution < -0.4 is 5.32 Å².